The molecular formula is C18H20N4O6. The number of non-ortho nitro benzene ring substituents is 1. The van der Waals surface area contributed by atoms with Crippen molar-refractivity contribution in [2.45, 2.75) is 44.2 Å². The second kappa shape index (κ2) is 7.37. The van der Waals surface area contributed by atoms with Crippen LogP contribution in [0.4, 0.5) is 11.4 Å². The Kier molecular flexibility index (Phi) is 5.12. The van der Waals surface area contributed by atoms with Gasteiger partial charge in [-0.25, -0.2) is 0 Å². The Balaban J connectivity index is 1.73. The summed E-state index contributed by atoms with van der Waals surface area (Å²) in [6.07, 6.45) is 1.04. The third kappa shape index (κ3) is 3.57. The van der Waals surface area contributed by atoms with Gasteiger partial charge >= 0.3 is 0 Å². The standard InChI is InChI=1S/C18H20N4O6/c1-18(14(23)8-9-15(24)20-18)17(26)21-10-2-3-13(21)16(25)19-11-4-6-12(7-5-11)22(27)28/h4-7,13H,2-3,8-10H2,1H3,(H,19,25)(H,20,24)/t13-,18+/m0/s1. The number of hydrogen-bond acceptors (Lipinski definition) is 6. The lowest BCUT2D eigenvalue weighted by Gasteiger charge is -2.36. The third-order valence-electron chi connectivity index (χ3n) is 5.12. The SMILES string of the molecule is C[C@@]1(C(=O)N2CCC[C@H]2C(=O)Nc2ccc([N+](=O)[O-])cc2)NC(=O)CCC1=O. The Morgan fingerprint density at radius 3 is 2.57 bits per heavy atom. The van der Waals surface area contributed by atoms with E-state index in [1.165, 1.54) is 36.1 Å². The van der Waals surface area contributed by atoms with Crippen LogP contribution in [-0.4, -0.2) is 51.5 Å². The van der Waals surface area contributed by atoms with Crippen molar-refractivity contribution in [3.05, 3.63) is 34.4 Å². The number of anilines is 1. The molecule has 1 aromatic rings. The molecule has 0 aromatic heterocycles. The molecule has 3 amide bonds. The molecule has 2 saturated heterocycles. The number of nitrogens with one attached hydrogen (secondary N) is 2. The predicted molar refractivity (Wildman–Crippen MR) is 97.2 cm³/mol. The number of hydrogen-bond donors (Lipinski definition) is 2. The molecule has 0 saturated carbocycles. The number of piperidine rings is 1. The number of nitro benzene ring substituents is 1. The van der Waals surface area contributed by atoms with Crippen LogP contribution < -0.4 is 10.6 Å². The zero-order chi connectivity index (χ0) is 20.5. The van der Waals surface area contributed by atoms with Gasteiger partial charge in [0.25, 0.3) is 11.6 Å². The van der Waals surface area contributed by atoms with Gasteiger partial charge in [0.1, 0.15) is 6.04 Å². The lowest BCUT2D eigenvalue weighted by molar-refractivity contribution is -0.384. The summed E-state index contributed by atoms with van der Waals surface area (Å²) in [5.41, 5.74) is -1.40. The minimum absolute atomic E-state index is 0.0123. The molecule has 0 radical (unpaired) electrons. The summed E-state index contributed by atoms with van der Waals surface area (Å²) in [6, 6.07) is 4.56. The Hall–Kier alpha value is -3.30. The molecule has 2 aliphatic heterocycles. The highest BCUT2D eigenvalue weighted by Crippen LogP contribution is 2.26. The molecule has 0 aliphatic carbocycles. The number of carbonyl (C=O) groups excluding carboxylic acids is 4. The van der Waals surface area contributed by atoms with E-state index < -0.39 is 28.3 Å². The Morgan fingerprint density at radius 1 is 1.25 bits per heavy atom. The number of benzene rings is 1. The molecule has 10 heteroatoms. The first kappa shape index (κ1) is 19.5. The fourth-order valence-electron chi connectivity index (χ4n) is 3.52. The van der Waals surface area contributed by atoms with Crippen LogP contribution >= 0.6 is 0 Å². The highest BCUT2D eigenvalue weighted by atomic mass is 16.6. The highest BCUT2D eigenvalue weighted by molar-refractivity contribution is 6.15. The molecule has 0 spiro atoms. The highest BCUT2D eigenvalue weighted by Gasteiger charge is 2.50. The monoisotopic (exact) mass is 388 g/mol. The number of nitrogens with zero attached hydrogens (tertiary/aromatic N) is 2. The fraction of sp³-hybridized carbons (Fsp3) is 0.444. The van der Waals surface area contributed by atoms with E-state index in [2.05, 4.69) is 10.6 Å². The summed E-state index contributed by atoms with van der Waals surface area (Å²) in [6.45, 7) is 1.67. The fourth-order valence-corrected chi connectivity index (χ4v) is 3.52. The van der Waals surface area contributed by atoms with Gasteiger partial charge in [0.05, 0.1) is 4.92 Å². The van der Waals surface area contributed by atoms with Crippen molar-refractivity contribution in [2.24, 2.45) is 0 Å². The van der Waals surface area contributed by atoms with Crippen LogP contribution in [0, 0.1) is 10.1 Å². The molecule has 28 heavy (non-hydrogen) atoms. The number of nitro groups is 1. The van der Waals surface area contributed by atoms with E-state index in [1.54, 1.807) is 0 Å². The number of amides is 3. The second-order valence-electron chi connectivity index (χ2n) is 7.05. The topological polar surface area (TPSA) is 139 Å². The van der Waals surface area contributed by atoms with Gasteiger partial charge < -0.3 is 15.5 Å². The molecule has 1 aromatic carbocycles. The molecule has 10 nitrogen and oxygen atoms in total. The van der Waals surface area contributed by atoms with Crippen molar-refractivity contribution in [2.75, 3.05) is 11.9 Å². The van der Waals surface area contributed by atoms with Gasteiger partial charge in [-0.3, -0.25) is 29.3 Å². The van der Waals surface area contributed by atoms with Crippen molar-refractivity contribution in [3.63, 3.8) is 0 Å². The molecule has 2 aliphatic rings. The maximum absolute atomic E-state index is 13.0. The zero-order valence-corrected chi connectivity index (χ0v) is 15.3. The van der Waals surface area contributed by atoms with Gasteiger partial charge in [0, 0.05) is 37.2 Å². The minimum atomic E-state index is -1.66. The number of rotatable bonds is 4. The van der Waals surface area contributed by atoms with Gasteiger partial charge in [0.15, 0.2) is 11.3 Å². The predicted octanol–water partition coefficient (Wildman–Crippen LogP) is 0.762. The van der Waals surface area contributed by atoms with E-state index in [4.69, 9.17) is 0 Å². The smallest absolute Gasteiger partial charge is 0.269 e. The van der Waals surface area contributed by atoms with Crippen molar-refractivity contribution in [3.8, 4) is 0 Å². The van der Waals surface area contributed by atoms with Crippen LogP contribution in [0.15, 0.2) is 24.3 Å². The minimum Gasteiger partial charge on any atom is -0.336 e. The van der Waals surface area contributed by atoms with E-state index in [-0.39, 0.29) is 30.2 Å². The molecule has 2 fully saturated rings. The van der Waals surface area contributed by atoms with E-state index in [9.17, 15) is 29.3 Å². The summed E-state index contributed by atoms with van der Waals surface area (Å²) in [7, 11) is 0. The molecule has 148 valence electrons. The van der Waals surface area contributed by atoms with Crippen molar-refractivity contribution in [1.82, 2.24) is 10.2 Å². The normalized spacial score (nSPS) is 24.6. The lowest BCUT2D eigenvalue weighted by atomic mass is 9.87. The average molecular weight is 388 g/mol. The third-order valence-corrected chi connectivity index (χ3v) is 5.12. The van der Waals surface area contributed by atoms with Crippen LogP contribution in [0.2, 0.25) is 0 Å². The van der Waals surface area contributed by atoms with Gasteiger partial charge in [-0.1, -0.05) is 0 Å². The van der Waals surface area contributed by atoms with Gasteiger partial charge in [0.2, 0.25) is 11.8 Å². The molecular weight excluding hydrogens is 368 g/mol. The summed E-state index contributed by atoms with van der Waals surface area (Å²) in [5, 5.41) is 15.8. The Labute approximate surface area is 160 Å². The summed E-state index contributed by atoms with van der Waals surface area (Å²) in [4.78, 5) is 61.2. The number of ketones is 1. The summed E-state index contributed by atoms with van der Waals surface area (Å²) >= 11 is 0. The lowest BCUT2D eigenvalue weighted by Crippen LogP contribution is -2.66. The molecule has 0 unspecified atom stereocenters. The van der Waals surface area contributed by atoms with Gasteiger partial charge in [-0.15, -0.1) is 0 Å². The summed E-state index contributed by atoms with van der Waals surface area (Å²) in [5.74, 6) is -1.79. The van der Waals surface area contributed by atoms with Crippen molar-refractivity contribution >= 4 is 34.9 Å². The maximum Gasteiger partial charge on any atom is 0.269 e. The maximum atomic E-state index is 13.0. The Morgan fingerprint density at radius 2 is 1.93 bits per heavy atom. The molecule has 3 rings (SSSR count). The van der Waals surface area contributed by atoms with E-state index in [0.717, 1.165) is 0 Å². The molecule has 0 bridgehead atoms. The van der Waals surface area contributed by atoms with Crippen LogP contribution in [0.5, 0.6) is 0 Å². The molecule has 2 atom stereocenters. The number of likely N-dealkylation sites (tertiary alicyclic amines) is 1. The van der Waals surface area contributed by atoms with Crippen LogP contribution in [0.25, 0.3) is 0 Å². The quantitative estimate of drug-likeness (QED) is 0.444. The van der Waals surface area contributed by atoms with Gasteiger partial charge in [-0.05, 0) is 31.9 Å². The number of Topliss-reactive ketones (excluding diaryl/α,β-unsaturated/α-hetero) is 1. The average Bonchev–Trinajstić information content (AvgIpc) is 3.14. The second-order valence-corrected chi connectivity index (χ2v) is 7.05. The Bertz CT molecular complexity index is 852. The van der Waals surface area contributed by atoms with E-state index in [1.807, 2.05) is 0 Å². The van der Waals surface area contributed by atoms with Crippen molar-refractivity contribution in [1.29, 1.82) is 0 Å². The molecule has 2 heterocycles. The first-order chi connectivity index (χ1) is 13.2. The van der Waals surface area contributed by atoms with E-state index >= 15 is 0 Å². The number of carbonyl (C=O) groups is 4. The van der Waals surface area contributed by atoms with Crippen molar-refractivity contribution < 1.29 is 24.1 Å². The first-order valence-corrected chi connectivity index (χ1v) is 8.93. The summed E-state index contributed by atoms with van der Waals surface area (Å²) < 4.78 is 0. The molecule has 2 N–H and O–H groups in total. The van der Waals surface area contributed by atoms with Crippen LogP contribution in [-0.2, 0) is 19.2 Å². The largest absolute Gasteiger partial charge is 0.336 e. The van der Waals surface area contributed by atoms with Crippen LogP contribution in [0.3, 0.4) is 0 Å². The zero-order valence-electron chi connectivity index (χ0n) is 15.3. The van der Waals surface area contributed by atoms with E-state index in [0.29, 0.717) is 25.1 Å². The first-order valence-electron chi connectivity index (χ1n) is 8.93. The van der Waals surface area contributed by atoms with Gasteiger partial charge in [-0.2, -0.15) is 0 Å². The van der Waals surface area contributed by atoms with Crippen LogP contribution in [0.1, 0.15) is 32.6 Å².